The summed E-state index contributed by atoms with van der Waals surface area (Å²) >= 11 is 19.4. The number of aromatic nitrogens is 3. The van der Waals surface area contributed by atoms with Gasteiger partial charge >= 0.3 is 0 Å². The Labute approximate surface area is 208 Å². The molecule has 4 rings (SSSR count). The minimum Gasteiger partial charge on any atom is -0.352 e. The summed E-state index contributed by atoms with van der Waals surface area (Å²) in [6, 6.07) is 8.62. The summed E-state index contributed by atoms with van der Waals surface area (Å²) in [5.41, 5.74) is 0.999. The SMILES string of the molecule is O=C(CSc1nnc(-c2ccc(Cl)cc2Cl)n1-c1ccc(F)c(Cl)c1)N[C@@H]1CCS(=O)(=O)C1. The highest BCUT2D eigenvalue weighted by Gasteiger charge is 2.29. The first-order valence-electron chi connectivity index (χ1n) is 9.62. The zero-order valence-corrected chi connectivity index (χ0v) is 20.7. The molecule has 2 heterocycles. The minimum atomic E-state index is -3.11. The summed E-state index contributed by atoms with van der Waals surface area (Å²) in [6.07, 6.45) is 0.391. The van der Waals surface area contributed by atoms with Crippen LogP contribution < -0.4 is 5.32 Å². The van der Waals surface area contributed by atoms with Crippen LogP contribution >= 0.6 is 46.6 Å². The van der Waals surface area contributed by atoms with Gasteiger partial charge in [0.05, 0.1) is 33.0 Å². The number of hydrogen-bond donors (Lipinski definition) is 1. The van der Waals surface area contributed by atoms with Gasteiger partial charge in [0.1, 0.15) is 5.82 Å². The number of sulfone groups is 1. The second kappa shape index (κ2) is 9.79. The second-order valence-electron chi connectivity index (χ2n) is 7.32. The van der Waals surface area contributed by atoms with Crippen molar-refractivity contribution in [3.8, 4) is 17.1 Å². The highest BCUT2D eigenvalue weighted by molar-refractivity contribution is 7.99. The molecule has 1 aliphatic heterocycles. The van der Waals surface area contributed by atoms with Gasteiger partial charge in [-0.15, -0.1) is 10.2 Å². The lowest BCUT2D eigenvalue weighted by Crippen LogP contribution is -2.36. The molecule has 0 aliphatic carbocycles. The highest BCUT2D eigenvalue weighted by atomic mass is 35.5. The molecule has 1 aliphatic rings. The van der Waals surface area contributed by atoms with Gasteiger partial charge in [0, 0.05) is 16.6 Å². The number of carbonyl (C=O) groups is 1. The quantitative estimate of drug-likeness (QED) is 0.457. The van der Waals surface area contributed by atoms with Crippen molar-refractivity contribution in [2.45, 2.75) is 17.6 Å². The maximum Gasteiger partial charge on any atom is 0.230 e. The topological polar surface area (TPSA) is 93.9 Å². The number of benzene rings is 2. The summed E-state index contributed by atoms with van der Waals surface area (Å²) in [4.78, 5) is 12.4. The summed E-state index contributed by atoms with van der Waals surface area (Å²) < 4.78 is 38.6. The van der Waals surface area contributed by atoms with Crippen molar-refractivity contribution in [2.75, 3.05) is 17.3 Å². The predicted molar refractivity (Wildman–Crippen MR) is 128 cm³/mol. The Hall–Kier alpha value is -1.85. The highest BCUT2D eigenvalue weighted by Crippen LogP contribution is 2.34. The Balaban J connectivity index is 1.63. The van der Waals surface area contributed by atoms with Crippen LogP contribution in [0.1, 0.15) is 6.42 Å². The predicted octanol–water partition coefficient (Wildman–Crippen LogP) is 4.43. The zero-order chi connectivity index (χ0) is 23.8. The third-order valence-electron chi connectivity index (χ3n) is 4.90. The van der Waals surface area contributed by atoms with Crippen LogP contribution in [0.5, 0.6) is 0 Å². The van der Waals surface area contributed by atoms with Gasteiger partial charge in [0.15, 0.2) is 20.8 Å². The second-order valence-corrected chi connectivity index (χ2v) is 11.7. The monoisotopic (exact) mass is 548 g/mol. The molecule has 0 unspecified atom stereocenters. The van der Waals surface area contributed by atoms with Gasteiger partial charge < -0.3 is 5.32 Å². The molecule has 1 aromatic heterocycles. The smallest absolute Gasteiger partial charge is 0.230 e. The molecule has 2 aromatic carbocycles. The lowest BCUT2D eigenvalue weighted by Gasteiger charge is -2.13. The number of nitrogens with one attached hydrogen (secondary N) is 1. The van der Waals surface area contributed by atoms with Crippen LogP contribution in [0.4, 0.5) is 4.39 Å². The maximum absolute atomic E-state index is 13.8. The van der Waals surface area contributed by atoms with E-state index in [-0.39, 0.29) is 28.2 Å². The van der Waals surface area contributed by atoms with Crippen LogP contribution in [0.15, 0.2) is 41.6 Å². The molecule has 0 spiro atoms. The third-order valence-corrected chi connectivity index (χ3v) is 8.43. The van der Waals surface area contributed by atoms with Gasteiger partial charge in [-0.1, -0.05) is 46.6 Å². The molecule has 0 saturated carbocycles. The Morgan fingerprint density at radius 2 is 1.94 bits per heavy atom. The fourth-order valence-corrected chi connectivity index (χ4v) is 6.48. The number of rotatable bonds is 6. The van der Waals surface area contributed by atoms with E-state index in [9.17, 15) is 17.6 Å². The van der Waals surface area contributed by atoms with Gasteiger partial charge in [0.2, 0.25) is 5.91 Å². The Bertz CT molecular complexity index is 1330. The Kier molecular flexibility index (Phi) is 7.20. The molecule has 0 radical (unpaired) electrons. The molecule has 13 heteroatoms. The van der Waals surface area contributed by atoms with Gasteiger partial charge in [-0.25, -0.2) is 12.8 Å². The molecule has 174 valence electrons. The van der Waals surface area contributed by atoms with E-state index in [0.717, 1.165) is 11.8 Å². The van der Waals surface area contributed by atoms with Crippen LogP contribution in [0.3, 0.4) is 0 Å². The van der Waals surface area contributed by atoms with Crippen LogP contribution in [0.2, 0.25) is 15.1 Å². The van der Waals surface area contributed by atoms with E-state index in [4.69, 9.17) is 34.8 Å². The lowest BCUT2D eigenvalue weighted by atomic mass is 10.2. The van der Waals surface area contributed by atoms with Crippen molar-refractivity contribution in [3.05, 3.63) is 57.3 Å². The number of amides is 1. The van der Waals surface area contributed by atoms with Gasteiger partial charge in [-0.05, 0) is 42.8 Å². The van der Waals surface area contributed by atoms with Gasteiger partial charge in [-0.3, -0.25) is 9.36 Å². The molecular formula is C20H16Cl3FN4O3S2. The first kappa shape index (κ1) is 24.3. The number of carbonyl (C=O) groups excluding carboxylic acids is 1. The van der Waals surface area contributed by atoms with E-state index in [2.05, 4.69) is 15.5 Å². The third kappa shape index (κ3) is 5.63. The van der Waals surface area contributed by atoms with Crippen molar-refractivity contribution in [1.82, 2.24) is 20.1 Å². The standard InChI is InChI=1S/C20H16Cl3FN4O3S2/c21-11-1-3-14(15(22)7-11)19-26-27-20(28(19)13-2-4-17(24)16(23)8-13)32-9-18(29)25-12-5-6-33(30,31)10-12/h1-4,7-8,12H,5-6,9-10H2,(H,25,29)/t12-/m1/s1. The largest absolute Gasteiger partial charge is 0.352 e. The average molecular weight is 550 g/mol. The minimum absolute atomic E-state index is 0.0298. The first-order chi connectivity index (χ1) is 15.6. The normalized spacial score (nSPS) is 17.3. The van der Waals surface area contributed by atoms with Crippen molar-refractivity contribution >= 4 is 62.3 Å². The van der Waals surface area contributed by atoms with Crippen molar-refractivity contribution in [3.63, 3.8) is 0 Å². The number of hydrogen-bond acceptors (Lipinski definition) is 6. The van der Waals surface area contributed by atoms with Crippen molar-refractivity contribution in [2.24, 2.45) is 0 Å². The fourth-order valence-electron chi connectivity index (χ4n) is 3.37. The van der Waals surface area contributed by atoms with Gasteiger partial charge in [-0.2, -0.15) is 0 Å². The molecule has 33 heavy (non-hydrogen) atoms. The summed E-state index contributed by atoms with van der Waals surface area (Å²) in [7, 11) is -3.11. The molecule has 1 fully saturated rings. The Morgan fingerprint density at radius 1 is 1.15 bits per heavy atom. The van der Waals surface area contributed by atoms with Gasteiger partial charge in [0.25, 0.3) is 0 Å². The molecule has 1 amide bonds. The molecule has 1 N–H and O–H groups in total. The van der Waals surface area contributed by atoms with Crippen LogP contribution in [-0.2, 0) is 14.6 Å². The van der Waals surface area contributed by atoms with Crippen LogP contribution in [0, 0.1) is 5.82 Å². The summed E-state index contributed by atoms with van der Waals surface area (Å²) in [5, 5.41) is 12.2. The maximum atomic E-state index is 13.8. The van der Waals surface area contributed by atoms with Crippen molar-refractivity contribution in [1.29, 1.82) is 0 Å². The van der Waals surface area contributed by atoms with E-state index in [0.29, 0.717) is 38.7 Å². The summed E-state index contributed by atoms with van der Waals surface area (Å²) in [6.45, 7) is 0. The molecule has 1 atom stereocenters. The molecular weight excluding hydrogens is 534 g/mol. The summed E-state index contributed by atoms with van der Waals surface area (Å²) in [5.74, 6) is -0.593. The van der Waals surface area contributed by atoms with Crippen molar-refractivity contribution < 1.29 is 17.6 Å². The number of halogens is 4. The number of nitrogens with zero attached hydrogens (tertiary/aromatic N) is 3. The fraction of sp³-hybridized carbons (Fsp3) is 0.250. The van der Waals surface area contributed by atoms with E-state index in [1.165, 1.54) is 18.2 Å². The van der Waals surface area contributed by atoms with E-state index in [1.807, 2.05) is 0 Å². The molecule has 1 saturated heterocycles. The van der Waals surface area contributed by atoms with E-state index < -0.39 is 21.7 Å². The number of thioether (sulfide) groups is 1. The van der Waals surface area contributed by atoms with E-state index >= 15 is 0 Å². The Morgan fingerprint density at radius 3 is 2.61 bits per heavy atom. The van der Waals surface area contributed by atoms with Crippen LogP contribution in [0.25, 0.3) is 17.1 Å². The lowest BCUT2D eigenvalue weighted by molar-refractivity contribution is -0.119. The van der Waals surface area contributed by atoms with E-state index in [1.54, 1.807) is 22.8 Å². The zero-order valence-electron chi connectivity index (χ0n) is 16.8. The van der Waals surface area contributed by atoms with Crippen LogP contribution in [-0.4, -0.2) is 52.4 Å². The molecule has 0 bridgehead atoms. The average Bonchev–Trinajstić information content (AvgIpc) is 3.31. The first-order valence-corrected chi connectivity index (χ1v) is 13.6. The molecule has 3 aromatic rings. The molecule has 7 nitrogen and oxygen atoms in total.